The van der Waals surface area contributed by atoms with Crippen molar-refractivity contribution in [3.05, 3.63) is 53.3 Å². The molecule has 0 unspecified atom stereocenters. The second-order valence-corrected chi connectivity index (χ2v) is 5.96. The van der Waals surface area contributed by atoms with E-state index in [1.54, 1.807) is 12.3 Å². The smallest absolute Gasteiger partial charge is 0.264 e. The molecule has 0 aliphatic rings. The van der Waals surface area contributed by atoms with E-state index in [0.29, 0.717) is 5.56 Å². The maximum absolute atomic E-state index is 11.1. The van der Waals surface area contributed by atoms with Crippen LogP contribution in [0.25, 0.3) is 11.1 Å². The van der Waals surface area contributed by atoms with Crippen LogP contribution < -0.4 is 0 Å². The van der Waals surface area contributed by atoms with Crippen LogP contribution in [0.15, 0.2) is 42.6 Å². The van der Waals surface area contributed by atoms with Gasteiger partial charge in [-0.2, -0.15) is 8.42 Å². The number of pyridine rings is 1. The van der Waals surface area contributed by atoms with Gasteiger partial charge < -0.3 is 0 Å². The van der Waals surface area contributed by atoms with Gasteiger partial charge in [0.1, 0.15) is 5.15 Å². The molecule has 1 heterocycles. The molecule has 0 N–H and O–H groups in total. The van der Waals surface area contributed by atoms with Crippen molar-refractivity contribution in [3.63, 3.8) is 0 Å². The molecule has 0 atom stereocenters. The van der Waals surface area contributed by atoms with E-state index in [0.717, 1.165) is 17.4 Å². The second-order valence-electron chi connectivity index (χ2n) is 3.96. The van der Waals surface area contributed by atoms with Gasteiger partial charge in [-0.25, -0.2) is 4.98 Å². The zero-order chi connectivity index (χ0) is 13.9. The third kappa shape index (κ3) is 3.76. The Bertz CT molecular complexity index is 672. The van der Waals surface area contributed by atoms with Gasteiger partial charge in [0, 0.05) is 11.8 Å². The van der Waals surface area contributed by atoms with Gasteiger partial charge in [-0.3, -0.25) is 4.18 Å². The molecule has 1 aromatic carbocycles. The van der Waals surface area contributed by atoms with Gasteiger partial charge in [0.2, 0.25) is 0 Å². The number of hydrogen-bond donors (Lipinski definition) is 0. The van der Waals surface area contributed by atoms with E-state index in [2.05, 4.69) is 4.98 Å². The van der Waals surface area contributed by atoms with E-state index >= 15 is 0 Å². The molecule has 0 aliphatic carbocycles. The quantitative estimate of drug-likeness (QED) is 0.643. The highest BCUT2D eigenvalue weighted by Crippen LogP contribution is 2.28. The summed E-state index contributed by atoms with van der Waals surface area (Å²) in [4.78, 5) is 3.96. The first-order valence-electron chi connectivity index (χ1n) is 5.50. The maximum atomic E-state index is 11.1. The Morgan fingerprint density at radius 3 is 2.53 bits per heavy atom. The summed E-state index contributed by atoms with van der Waals surface area (Å²) >= 11 is 6.02. The lowest BCUT2D eigenvalue weighted by Gasteiger charge is -2.10. The predicted octanol–water partition coefficient (Wildman–Crippen LogP) is 2.88. The van der Waals surface area contributed by atoms with Crippen LogP contribution >= 0.6 is 11.6 Å². The number of hydrogen-bond acceptors (Lipinski definition) is 4. The van der Waals surface area contributed by atoms with E-state index in [-0.39, 0.29) is 11.8 Å². The maximum Gasteiger partial charge on any atom is 0.264 e. The number of benzene rings is 1. The number of halogens is 1. The predicted molar refractivity (Wildman–Crippen MR) is 74.3 cm³/mol. The molecular formula is C13H12ClNO3S. The van der Waals surface area contributed by atoms with Crippen LogP contribution in [0.2, 0.25) is 5.15 Å². The molecule has 100 valence electrons. The Morgan fingerprint density at radius 1 is 1.21 bits per heavy atom. The largest absolute Gasteiger partial charge is 0.265 e. The van der Waals surface area contributed by atoms with Crippen LogP contribution in [0.4, 0.5) is 0 Å². The van der Waals surface area contributed by atoms with E-state index < -0.39 is 10.1 Å². The minimum Gasteiger partial charge on any atom is -0.265 e. The molecule has 1 aromatic heterocycles. The van der Waals surface area contributed by atoms with Crippen LogP contribution in [-0.2, 0) is 20.9 Å². The first kappa shape index (κ1) is 14.0. The Hall–Kier alpha value is -1.43. The summed E-state index contributed by atoms with van der Waals surface area (Å²) in [5.74, 6) is 0. The molecule has 2 aromatic rings. The van der Waals surface area contributed by atoms with Gasteiger partial charge >= 0.3 is 0 Å². The summed E-state index contributed by atoms with van der Waals surface area (Å²) in [6, 6.07) is 11.3. The minimum absolute atomic E-state index is 0.129. The van der Waals surface area contributed by atoms with Crippen molar-refractivity contribution in [2.24, 2.45) is 0 Å². The van der Waals surface area contributed by atoms with Gasteiger partial charge in [-0.05, 0) is 17.2 Å². The molecule has 6 heteroatoms. The lowest BCUT2D eigenvalue weighted by atomic mass is 10.0. The van der Waals surface area contributed by atoms with Crippen LogP contribution in [0.5, 0.6) is 0 Å². The summed E-state index contributed by atoms with van der Waals surface area (Å²) in [5.41, 5.74) is 2.30. The molecule has 0 radical (unpaired) electrons. The average Bonchev–Trinajstić information content (AvgIpc) is 2.37. The van der Waals surface area contributed by atoms with Crippen molar-refractivity contribution in [3.8, 4) is 11.1 Å². The summed E-state index contributed by atoms with van der Waals surface area (Å²) in [7, 11) is -3.52. The molecule has 19 heavy (non-hydrogen) atoms. The first-order valence-corrected chi connectivity index (χ1v) is 7.70. The first-order chi connectivity index (χ1) is 8.97. The monoisotopic (exact) mass is 297 g/mol. The fourth-order valence-corrected chi connectivity index (χ4v) is 2.20. The molecule has 0 saturated heterocycles. The lowest BCUT2D eigenvalue weighted by Crippen LogP contribution is -2.04. The summed E-state index contributed by atoms with van der Waals surface area (Å²) < 4.78 is 27.0. The fraction of sp³-hybridized carbons (Fsp3) is 0.154. The van der Waals surface area contributed by atoms with Crippen molar-refractivity contribution in [1.82, 2.24) is 4.98 Å². The molecule has 0 aliphatic heterocycles. The molecule has 0 spiro atoms. The second kappa shape index (κ2) is 5.69. The Morgan fingerprint density at radius 2 is 1.89 bits per heavy atom. The molecule has 2 rings (SSSR count). The van der Waals surface area contributed by atoms with Gasteiger partial charge in [0.25, 0.3) is 10.1 Å². The van der Waals surface area contributed by atoms with Crippen molar-refractivity contribution in [1.29, 1.82) is 0 Å². The summed E-state index contributed by atoms with van der Waals surface area (Å²) in [6.07, 6.45) is 2.58. The van der Waals surface area contributed by atoms with Gasteiger partial charge in [-0.15, -0.1) is 0 Å². The average molecular weight is 298 g/mol. The van der Waals surface area contributed by atoms with Crippen molar-refractivity contribution in [2.45, 2.75) is 6.61 Å². The highest BCUT2D eigenvalue weighted by atomic mass is 35.5. The highest BCUT2D eigenvalue weighted by Gasteiger charge is 2.12. The van der Waals surface area contributed by atoms with Crippen LogP contribution in [0.3, 0.4) is 0 Å². The van der Waals surface area contributed by atoms with E-state index in [1.165, 1.54) is 0 Å². The zero-order valence-corrected chi connectivity index (χ0v) is 11.8. The summed E-state index contributed by atoms with van der Waals surface area (Å²) in [5, 5.41) is 0.241. The molecule has 0 fully saturated rings. The highest BCUT2D eigenvalue weighted by molar-refractivity contribution is 7.85. The van der Waals surface area contributed by atoms with Crippen molar-refractivity contribution < 1.29 is 12.6 Å². The molecule has 4 nitrogen and oxygen atoms in total. The van der Waals surface area contributed by atoms with E-state index in [9.17, 15) is 8.42 Å². The topological polar surface area (TPSA) is 56.3 Å². The van der Waals surface area contributed by atoms with Crippen molar-refractivity contribution >= 4 is 21.7 Å². The third-order valence-corrected chi connectivity index (χ3v) is 3.38. The number of aromatic nitrogens is 1. The van der Waals surface area contributed by atoms with Crippen molar-refractivity contribution in [2.75, 3.05) is 6.26 Å². The van der Waals surface area contributed by atoms with Gasteiger partial charge in [-0.1, -0.05) is 41.9 Å². The van der Waals surface area contributed by atoms with E-state index in [4.69, 9.17) is 15.8 Å². The normalized spacial score (nSPS) is 11.5. The Labute approximate surface area is 117 Å². The van der Waals surface area contributed by atoms with Crippen LogP contribution in [0.1, 0.15) is 5.56 Å². The number of rotatable bonds is 4. The van der Waals surface area contributed by atoms with Crippen LogP contribution in [-0.4, -0.2) is 19.7 Å². The minimum atomic E-state index is -3.52. The fourth-order valence-electron chi connectivity index (χ4n) is 1.66. The Kier molecular flexibility index (Phi) is 4.19. The summed E-state index contributed by atoms with van der Waals surface area (Å²) in [6.45, 7) is -0.129. The third-order valence-electron chi connectivity index (χ3n) is 2.51. The molecule has 0 bridgehead atoms. The van der Waals surface area contributed by atoms with Gasteiger partial charge in [0.15, 0.2) is 0 Å². The SMILES string of the molecule is CS(=O)(=O)OCc1c(-c2ccccc2)ccnc1Cl. The van der Waals surface area contributed by atoms with E-state index in [1.807, 2.05) is 30.3 Å². The van der Waals surface area contributed by atoms with Gasteiger partial charge in [0.05, 0.1) is 12.9 Å². The Balaban J connectivity index is 2.42. The molecular weight excluding hydrogens is 286 g/mol. The molecule has 0 amide bonds. The standard InChI is InChI=1S/C13H12ClNO3S/c1-19(16,17)18-9-12-11(7-8-15-13(12)14)10-5-3-2-4-6-10/h2-8H,9H2,1H3. The lowest BCUT2D eigenvalue weighted by molar-refractivity contribution is 0.312. The number of nitrogens with zero attached hydrogens (tertiary/aromatic N) is 1. The molecule has 0 saturated carbocycles. The van der Waals surface area contributed by atoms with Crippen LogP contribution in [0, 0.1) is 0 Å². The zero-order valence-electron chi connectivity index (χ0n) is 10.2.